The summed E-state index contributed by atoms with van der Waals surface area (Å²) in [6.45, 7) is 10.8. The molecule has 0 aromatic heterocycles. The summed E-state index contributed by atoms with van der Waals surface area (Å²) in [6.07, 6.45) is 3.02. The average molecular weight is 212 g/mol. The first-order valence-corrected chi connectivity index (χ1v) is 5.86. The molecule has 0 saturated heterocycles. The molecule has 88 valence electrons. The molecular weight excluding hydrogens is 188 g/mol. The van der Waals surface area contributed by atoms with Gasteiger partial charge in [0.15, 0.2) is 0 Å². The standard InChI is InChI=1S/C13H24O2/c1-12(2,3)10-6-7-13(4,5)8-9(10)11(14)15/h9-10H,6-8H2,1-5H3,(H,14,15). The molecule has 0 spiro atoms. The molecule has 0 aliphatic heterocycles. The van der Waals surface area contributed by atoms with Gasteiger partial charge in [-0.05, 0) is 36.0 Å². The molecule has 1 aliphatic carbocycles. The molecular formula is C13H24O2. The van der Waals surface area contributed by atoms with Crippen LogP contribution in [0.4, 0.5) is 0 Å². The van der Waals surface area contributed by atoms with Gasteiger partial charge in [0.2, 0.25) is 0 Å². The number of carboxylic acids is 1. The Morgan fingerprint density at radius 1 is 1.33 bits per heavy atom. The second-order valence-corrected chi connectivity index (χ2v) is 6.82. The normalized spacial score (nSPS) is 31.3. The molecule has 1 aliphatic rings. The summed E-state index contributed by atoms with van der Waals surface area (Å²) in [5.74, 6) is -0.445. The molecule has 1 fully saturated rings. The summed E-state index contributed by atoms with van der Waals surface area (Å²) in [4.78, 5) is 11.3. The number of carboxylic acid groups (broad SMARTS) is 1. The van der Waals surface area contributed by atoms with E-state index in [2.05, 4.69) is 34.6 Å². The van der Waals surface area contributed by atoms with Crippen molar-refractivity contribution in [1.29, 1.82) is 0 Å². The van der Waals surface area contributed by atoms with Crippen molar-refractivity contribution in [1.82, 2.24) is 0 Å². The maximum Gasteiger partial charge on any atom is 0.306 e. The molecule has 1 saturated carbocycles. The van der Waals surface area contributed by atoms with E-state index in [-0.39, 0.29) is 16.7 Å². The van der Waals surface area contributed by atoms with Crippen molar-refractivity contribution in [3.8, 4) is 0 Å². The van der Waals surface area contributed by atoms with Crippen molar-refractivity contribution in [2.24, 2.45) is 22.7 Å². The first-order chi connectivity index (χ1) is 6.63. The molecule has 0 bridgehead atoms. The fourth-order valence-electron chi connectivity index (χ4n) is 2.88. The highest BCUT2D eigenvalue weighted by molar-refractivity contribution is 5.70. The molecule has 2 unspecified atom stereocenters. The molecule has 0 aromatic rings. The minimum Gasteiger partial charge on any atom is -0.481 e. The van der Waals surface area contributed by atoms with Crippen LogP contribution < -0.4 is 0 Å². The van der Waals surface area contributed by atoms with Crippen LogP contribution in [0, 0.1) is 22.7 Å². The minimum absolute atomic E-state index is 0.111. The van der Waals surface area contributed by atoms with Gasteiger partial charge in [-0.3, -0.25) is 4.79 Å². The number of aliphatic carboxylic acids is 1. The highest BCUT2D eigenvalue weighted by Crippen LogP contribution is 2.48. The Balaban J connectivity index is 2.86. The zero-order valence-electron chi connectivity index (χ0n) is 10.6. The van der Waals surface area contributed by atoms with Crippen LogP contribution in [0.1, 0.15) is 53.9 Å². The molecule has 0 aromatic carbocycles. The van der Waals surface area contributed by atoms with Crippen LogP contribution in [0.25, 0.3) is 0 Å². The second-order valence-electron chi connectivity index (χ2n) is 6.82. The lowest BCUT2D eigenvalue weighted by molar-refractivity contribution is -0.149. The van der Waals surface area contributed by atoms with Crippen molar-refractivity contribution in [3.63, 3.8) is 0 Å². The Kier molecular flexibility index (Phi) is 3.18. The fourth-order valence-corrected chi connectivity index (χ4v) is 2.88. The first kappa shape index (κ1) is 12.5. The van der Waals surface area contributed by atoms with Crippen molar-refractivity contribution in [2.75, 3.05) is 0 Å². The molecule has 2 nitrogen and oxygen atoms in total. The van der Waals surface area contributed by atoms with E-state index in [0.29, 0.717) is 5.92 Å². The third-order valence-corrected chi connectivity index (χ3v) is 3.82. The molecule has 0 heterocycles. The zero-order chi connectivity index (χ0) is 11.9. The Hall–Kier alpha value is -0.530. The molecule has 2 atom stereocenters. The van der Waals surface area contributed by atoms with Gasteiger partial charge in [-0.15, -0.1) is 0 Å². The number of hydrogen-bond acceptors (Lipinski definition) is 1. The largest absolute Gasteiger partial charge is 0.481 e. The zero-order valence-corrected chi connectivity index (χ0v) is 10.6. The predicted molar refractivity (Wildman–Crippen MR) is 61.7 cm³/mol. The quantitative estimate of drug-likeness (QED) is 0.721. The third kappa shape index (κ3) is 2.96. The maximum absolute atomic E-state index is 11.3. The van der Waals surface area contributed by atoms with Crippen LogP contribution in [-0.2, 0) is 4.79 Å². The monoisotopic (exact) mass is 212 g/mol. The van der Waals surface area contributed by atoms with Gasteiger partial charge in [0.05, 0.1) is 5.92 Å². The molecule has 0 amide bonds. The van der Waals surface area contributed by atoms with Gasteiger partial charge < -0.3 is 5.11 Å². The van der Waals surface area contributed by atoms with E-state index in [0.717, 1.165) is 19.3 Å². The number of carbonyl (C=O) groups is 1. The van der Waals surface area contributed by atoms with Crippen molar-refractivity contribution in [2.45, 2.75) is 53.9 Å². The van der Waals surface area contributed by atoms with Gasteiger partial charge in [0.1, 0.15) is 0 Å². The lowest BCUT2D eigenvalue weighted by atomic mass is 9.60. The van der Waals surface area contributed by atoms with Gasteiger partial charge in [0.25, 0.3) is 0 Å². The van der Waals surface area contributed by atoms with Crippen LogP contribution in [-0.4, -0.2) is 11.1 Å². The van der Waals surface area contributed by atoms with Crippen LogP contribution in [0.2, 0.25) is 0 Å². The van der Waals surface area contributed by atoms with E-state index < -0.39 is 5.97 Å². The molecule has 1 rings (SSSR count). The van der Waals surface area contributed by atoms with Crippen LogP contribution in [0.5, 0.6) is 0 Å². The van der Waals surface area contributed by atoms with Gasteiger partial charge in [-0.25, -0.2) is 0 Å². The second kappa shape index (κ2) is 3.80. The van der Waals surface area contributed by atoms with E-state index in [1.165, 1.54) is 0 Å². The van der Waals surface area contributed by atoms with Crippen molar-refractivity contribution < 1.29 is 9.90 Å². The smallest absolute Gasteiger partial charge is 0.306 e. The Bertz CT molecular complexity index is 248. The third-order valence-electron chi connectivity index (χ3n) is 3.82. The topological polar surface area (TPSA) is 37.3 Å². The first-order valence-electron chi connectivity index (χ1n) is 5.86. The summed E-state index contributed by atoms with van der Waals surface area (Å²) >= 11 is 0. The van der Waals surface area contributed by atoms with E-state index in [9.17, 15) is 9.90 Å². The molecule has 15 heavy (non-hydrogen) atoms. The summed E-state index contributed by atoms with van der Waals surface area (Å²) in [6, 6.07) is 0. The Morgan fingerprint density at radius 2 is 1.87 bits per heavy atom. The van der Waals surface area contributed by atoms with Gasteiger partial charge >= 0.3 is 5.97 Å². The summed E-state index contributed by atoms with van der Waals surface area (Å²) in [7, 11) is 0. The molecule has 1 N–H and O–H groups in total. The average Bonchev–Trinajstić information content (AvgIpc) is 1.99. The van der Waals surface area contributed by atoms with E-state index in [4.69, 9.17) is 0 Å². The van der Waals surface area contributed by atoms with E-state index in [1.807, 2.05) is 0 Å². The summed E-state index contributed by atoms with van der Waals surface area (Å²) < 4.78 is 0. The van der Waals surface area contributed by atoms with Gasteiger partial charge in [-0.2, -0.15) is 0 Å². The molecule has 0 radical (unpaired) electrons. The minimum atomic E-state index is -0.609. The lowest BCUT2D eigenvalue weighted by Crippen LogP contribution is -2.40. The van der Waals surface area contributed by atoms with Gasteiger partial charge in [0, 0.05) is 0 Å². The predicted octanol–water partition coefficient (Wildman–Crippen LogP) is 3.56. The fraction of sp³-hybridized carbons (Fsp3) is 0.923. The lowest BCUT2D eigenvalue weighted by Gasteiger charge is -2.44. The van der Waals surface area contributed by atoms with Crippen LogP contribution in [0.15, 0.2) is 0 Å². The van der Waals surface area contributed by atoms with Crippen molar-refractivity contribution >= 4 is 5.97 Å². The van der Waals surface area contributed by atoms with E-state index >= 15 is 0 Å². The maximum atomic E-state index is 11.3. The van der Waals surface area contributed by atoms with E-state index in [1.54, 1.807) is 0 Å². The number of hydrogen-bond donors (Lipinski definition) is 1. The summed E-state index contributed by atoms with van der Waals surface area (Å²) in [5, 5.41) is 9.30. The van der Waals surface area contributed by atoms with Crippen molar-refractivity contribution in [3.05, 3.63) is 0 Å². The Labute approximate surface area is 93.1 Å². The highest BCUT2D eigenvalue weighted by Gasteiger charge is 2.43. The number of rotatable bonds is 1. The SMILES string of the molecule is CC1(C)CCC(C(C)(C)C)C(C(=O)O)C1. The highest BCUT2D eigenvalue weighted by atomic mass is 16.4. The van der Waals surface area contributed by atoms with Crippen LogP contribution in [0.3, 0.4) is 0 Å². The molecule has 2 heteroatoms. The van der Waals surface area contributed by atoms with Crippen LogP contribution >= 0.6 is 0 Å². The van der Waals surface area contributed by atoms with Gasteiger partial charge in [-0.1, -0.05) is 34.6 Å². The Morgan fingerprint density at radius 3 is 2.27 bits per heavy atom. The summed E-state index contributed by atoms with van der Waals surface area (Å²) in [5.41, 5.74) is 0.310.